The van der Waals surface area contributed by atoms with Gasteiger partial charge in [0.05, 0.1) is 25.2 Å². The smallest absolute Gasteiger partial charge is 0.248 e. The molecule has 1 unspecified atom stereocenters. The first kappa shape index (κ1) is 30.2. The summed E-state index contributed by atoms with van der Waals surface area (Å²) in [5, 5.41) is 0. The summed E-state index contributed by atoms with van der Waals surface area (Å²) in [7, 11) is 1.26. The number of piperidine rings is 1. The molecule has 1 aromatic rings. The van der Waals surface area contributed by atoms with Crippen LogP contribution in [0.4, 0.5) is 0 Å². The monoisotopic (exact) mass is 566 g/mol. The van der Waals surface area contributed by atoms with Crippen LogP contribution in [0.5, 0.6) is 5.75 Å². The molecule has 2 atom stereocenters. The molecule has 3 heterocycles. The molecule has 0 aliphatic carbocycles. The molecule has 3 saturated heterocycles. The van der Waals surface area contributed by atoms with Gasteiger partial charge in [0.2, 0.25) is 15.9 Å². The summed E-state index contributed by atoms with van der Waals surface area (Å²) < 4.78 is 44.1. The van der Waals surface area contributed by atoms with Crippen molar-refractivity contribution in [3.63, 3.8) is 0 Å². The van der Waals surface area contributed by atoms with Crippen LogP contribution in [0.15, 0.2) is 17.0 Å². The number of hydrogen-bond donors (Lipinski definition) is 0. The number of aryl methyl sites for hydroxylation is 2. The van der Waals surface area contributed by atoms with Gasteiger partial charge < -0.3 is 19.1 Å². The molecule has 39 heavy (non-hydrogen) atoms. The summed E-state index contributed by atoms with van der Waals surface area (Å²) in [6, 6.07) is 4.81. The number of sulfonamides is 1. The second kappa shape index (κ2) is 13.3. The van der Waals surface area contributed by atoms with Crippen molar-refractivity contribution >= 4 is 15.9 Å². The van der Waals surface area contributed by atoms with Crippen LogP contribution in [-0.2, 0) is 24.3 Å². The zero-order valence-corrected chi connectivity index (χ0v) is 25.0. The highest BCUT2D eigenvalue weighted by Gasteiger charge is 2.35. The molecule has 4 rings (SSSR count). The third-order valence-electron chi connectivity index (χ3n) is 8.69. The van der Waals surface area contributed by atoms with E-state index < -0.39 is 10.0 Å². The minimum absolute atomic E-state index is 0.0523. The maximum Gasteiger partial charge on any atom is 0.248 e. The summed E-state index contributed by atoms with van der Waals surface area (Å²) in [4.78, 5) is 20.1. The molecule has 0 spiro atoms. The highest BCUT2D eigenvalue weighted by molar-refractivity contribution is 7.89. The quantitative estimate of drug-likeness (QED) is 0.374. The van der Waals surface area contributed by atoms with E-state index in [1.165, 1.54) is 24.2 Å². The lowest BCUT2D eigenvalue weighted by Crippen LogP contribution is -2.48. The number of ether oxygens (including phenoxy) is 3. The first-order chi connectivity index (χ1) is 18.6. The zero-order chi connectivity index (χ0) is 28.2. The molecule has 0 radical (unpaired) electrons. The normalized spacial score (nSPS) is 23.5. The third kappa shape index (κ3) is 7.12. The largest absolute Gasteiger partial charge is 0.497 e. The fourth-order valence-electron chi connectivity index (χ4n) is 6.21. The Labute approximate surface area is 234 Å². The van der Waals surface area contributed by atoms with E-state index in [1.54, 1.807) is 33.1 Å². The van der Waals surface area contributed by atoms with E-state index in [9.17, 15) is 13.2 Å². The van der Waals surface area contributed by atoms with E-state index in [-0.39, 0.29) is 36.6 Å². The summed E-state index contributed by atoms with van der Waals surface area (Å²) in [5.41, 5.74) is 1.27. The number of carbonyl (C=O) groups is 1. The Morgan fingerprint density at radius 2 is 1.69 bits per heavy atom. The summed E-state index contributed by atoms with van der Waals surface area (Å²) in [5.74, 6) is 0.563. The van der Waals surface area contributed by atoms with Crippen molar-refractivity contribution in [1.82, 2.24) is 19.0 Å². The molecule has 3 aliphatic heterocycles. The van der Waals surface area contributed by atoms with Crippen molar-refractivity contribution in [2.45, 2.75) is 62.6 Å². The molecule has 0 aromatic heterocycles. The fourth-order valence-corrected chi connectivity index (χ4v) is 7.77. The average Bonchev–Trinajstić information content (AvgIpc) is 3.63. The van der Waals surface area contributed by atoms with Gasteiger partial charge in [-0.1, -0.05) is 0 Å². The molecule has 1 amide bonds. The first-order valence-electron chi connectivity index (χ1n) is 14.1. The average molecular weight is 567 g/mol. The first-order valence-corrected chi connectivity index (χ1v) is 15.6. The van der Waals surface area contributed by atoms with Crippen molar-refractivity contribution in [2.75, 3.05) is 80.4 Å². The highest BCUT2D eigenvalue weighted by atomic mass is 32.2. The lowest BCUT2D eigenvalue weighted by atomic mass is 10.0. The van der Waals surface area contributed by atoms with Gasteiger partial charge in [-0.05, 0) is 62.8 Å². The molecule has 11 heteroatoms. The highest BCUT2D eigenvalue weighted by Crippen LogP contribution is 2.28. The number of methoxy groups -OCH3 is 1. The Hall–Kier alpha value is -1.76. The Bertz CT molecular complexity index is 1060. The van der Waals surface area contributed by atoms with Gasteiger partial charge >= 0.3 is 0 Å². The predicted octanol–water partition coefficient (Wildman–Crippen LogP) is 1.74. The molecule has 10 nitrogen and oxygen atoms in total. The second-order valence-corrected chi connectivity index (χ2v) is 13.2. The van der Waals surface area contributed by atoms with Crippen molar-refractivity contribution in [2.24, 2.45) is 0 Å². The van der Waals surface area contributed by atoms with Gasteiger partial charge in [-0.15, -0.1) is 0 Å². The number of likely N-dealkylation sites (tertiary alicyclic amines) is 2. The predicted molar refractivity (Wildman–Crippen MR) is 150 cm³/mol. The lowest BCUT2D eigenvalue weighted by molar-refractivity contribution is -0.136. The second-order valence-electron chi connectivity index (χ2n) is 11.2. The number of amides is 1. The van der Waals surface area contributed by atoms with E-state index in [0.717, 1.165) is 52.2 Å². The van der Waals surface area contributed by atoms with Crippen molar-refractivity contribution in [3.8, 4) is 5.75 Å². The van der Waals surface area contributed by atoms with Crippen LogP contribution in [0.1, 0.15) is 36.8 Å². The van der Waals surface area contributed by atoms with Crippen LogP contribution in [0.25, 0.3) is 0 Å². The Morgan fingerprint density at radius 1 is 1.03 bits per heavy atom. The van der Waals surface area contributed by atoms with E-state index in [4.69, 9.17) is 14.2 Å². The molecule has 0 saturated carbocycles. The van der Waals surface area contributed by atoms with Crippen LogP contribution in [0.3, 0.4) is 0 Å². The SMILES string of the molecule is COc1cc(C)c(S(=O)(=O)N(C)CCOCC(=O)N(C)[C@@H]2CCN(C3CCN(C4CCOC4)CC3)C2)c(C)c1. The number of nitrogens with zero attached hydrogens (tertiary/aromatic N) is 4. The number of carbonyl (C=O) groups excluding carboxylic acids is 1. The minimum Gasteiger partial charge on any atom is -0.497 e. The van der Waals surface area contributed by atoms with Crippen LogP contribution in [-0.4, -0.2) is 132 Å². The molecule has 0 N–H and O–H groups in total. The van der Waals surface area contributed by atoms with E-state index in [0.29, 0.717) is 29.0 Å². The van der Waals surface area contributed by atoms with Crippen LogP contribution in [0, 0.1) is 13.8 Å². The van der Waals surface area contributed by atoms with Crippen molar-refractivity contribution in [1.29, 1.82) is 0 Å². The van der Waals surface area contributed by atoms with Gasteiger partial charge in [0.25, 0.3) is 0 Å². The Morgan fingerprint density at radius 3 is 2.31 bits per heavy atom. The maximum atomic E-state index is 13.2. The van der Waals surface area contributed by atoms with Gasteiger partial charge in [-0.3, -0.25) is 14.6 Å². The molecule has 3 fully saturated rings. The van der Waals surface area contributed by atoms with Crippen LogP contribution >= 0.6 is 0 Å². The zero-order valence-electron chi connectivity index (χ0n) is 24.2. The summed E-state index contributed by atoms with van der Waals surface area (Å²) >= 11 is 0. The molecule has 1 aromatic carbocycles. The maximum absolute atomic E-state index is 13.2. The molecular formula is C28H46N4O6S. The van der Waals surface area contributed by atoms with Crippen LogP contribution in [0.2, 0.25) is 0 Å². The van der Waals surface area contributed by atoms with E-state index >= 15 is 0 Å². The summed E-state index contributed by atoms with van der Waals surface area (Å²) in [6.45, 7) is 9.73. The van der Waals surface area contributed by atoms with E-state index in [1.807, 2.05) is 11.9 Å². The Balaban J connectivity index is 1.18. The third-order valence-corrected chi connectivity index (χ3v) is 10.9. The number of likely N-dealkylation sites (N-methyl/N-ethyl adjacent to an activating group) is 2. The van der Waals surface area contributed by atoms with Gasteiger partial charge in [-0.2, -0.15) is 4.31 Å². The molecule has 220 valence electrons. The minimum atomic E-state index is -3.69. The van der Waals surface area contributed by atoms with Crippen molar-refractivity contribution in [3.05, 3.63) is 23.3 Å². The van der Waals surface area contributed by atoms with Gasteiger partial charge in [0.15, 0.2) is 0 Å². The standard InChI is InChI=1S/C28H46N4O6S/c1-21-16-26(36-5)17-22(2)28(21)39(34,35)29(3)13-15-38-20-27(33)30(4)24-8-12-32(18-24)23-6-10-31(11-7-23)25-9-14-37-19-25/h16-17,23-25H,6-15,18-20H2,1-5H3/t24-,25?/m1/s1. The van der Waals surface area contributed by atoms with Crippen molar-refractivity contribution < 1.29 is 27.4 Å². The Kier molecular flexibility index (Phi) is 10.3. The number of hydrogen-bond acceptors (Lipinski definition) is 8. The van der Waals surface area contributed by atoms with Gasteiger partial charge in [0.1, 0.15) is 12.4 Å². The number of benzene rings is 1. The van der Waals surface area contributed by atoms with Gasteiger partial charge in [0, 0.05) is 71.6 Å². The van der Waals surface area contributed by atoms with Crippen LogP contribution < -0.4 is 4.74 Å². The summed E-state index contributed by atoms with van der Waals surface area (Å²) in [6.07, 6.45) is 4.48. The topological polar surface area (TPSA) is 91.9 Å². The molecule has 3 aliphatic rings. The number of rotatable bonds is 11. The molecular weight excluding hydrogens is 520 g/mol. The fraction of sp³-hybridized carbons (Fsp3) is 0.750. The van der Waals surface area contributed by atoms with E-state index in [2.05, 4.69) is 9.80 Å². The van der Waals surface area contributed by atoms with Gasteiger partial charge in [-0.25, -0.2) is 8.42 Å². The lowest BCUT2D eigenvalue weighted by Gasteiger charge is -2.39. The molecule has 0 bridgehead atoms.